The molecule has 1 aromatic carbocycles. The van der Waals surface area contributed by atoms with E-state index >= 15 is 0 Å². The lowest BCUT2D eigenvalue weighted by Crippen LogP contribution is -2.69. The fourth-order valence-electron chi connectivity index (χ4n) is 5.81. The monoisotopic (exact) mass is 524 g/mol. The first-order chi connectivity index (χ1) is 17.2. The highest BCUT2D eigenvalue weighted by Crippen LogP contribution is 2.48. The molecular formula is C24H31ClN3O8+. The van der Waals surface area contributed by atoms with E-state index in [1.165, 1.54) is 6.20 Å². The Labute approximate surface area is 213 Å². The molecule has 0 saturated carbocycles. The molecule has 4 aliphatic heterocycles. The van der Waals surface area contributed by atoms with Crippen molar-refractivity contribution in [3.8, 4) is 0 Å². The highest BCUT2D eigenvalue weighted by Gasteiger charge is 2.69. The lowest BCUT2D eigenvalue weighted by atomic mass is 9.85. The van der Waals surface area contributed by atoms with Gasteiger partial charge >= 0.3 is 6.03 Å². The molecule has 0 spiro atoms. The Hall–Kier alpha value is -1.93. The minimum Gasteiger partial charge on any atom is -0.394 e. The van der Waals surface area contributed by atoms with Crippen LogP contribution < -0.4 is 10.6 Å². The molecule has 0 aliphatic carbocycles. The Balaban J connectivity index is 1.52. The molecule has 0 radical (unpaired) electrons. The Morgan fingerprint density at radius 3 is 2.67 bits per heavy atom. The smallest absolute Gasteiger partial charge is 0.394 e. The number of aliphatic hydroxyl groups is 3. The van der Waals surface area contributed by atoms with Gasteiger partial charge in [0, 0.05) is 18.1 Å². The Morgan fingerprint density at radius 2 is 2.00 bits per heavy atom. The maximum Gasteiger partial charge on any atom is 0.432 e. The lowest BCUT2D eigenvalue weighted by molar-refractivity contribution is -0.902. The van der Waals surface area contributed by atoms with Gasteiger partial charge in [0.25, 0.3) is 5.91 Å². The van der Waals surface area contributed by atoms with Crippen molar-refractivity contribution in [1.29, 1.82) is 0 Å². The topological polar surface area (TPSA) is 147 Å². The number of aliphatic hydroxyl groups excluding tert-OH is 3. The number of halogens is 1. The summed E-state index contributed by atoms with van der Waals surface area (Å²) < 4.78 is 18.3. The molecule has 3 fully saturated rings. The number of hydrogen-bond donors (Lipinski definition) is 5. The van der Waals surface area contributed by atoms with E-state index in [1.54, 1.807) is 19.1 Å². The second-order valence-corrected chi connectivity index (χ2v) is 10.3. The molecule has 3 amide bonds. The fourth-order valence-corrected chi connectivity index (χ4v) is 5.93. The third-order valence-corrected chi connectivity index (χ3v) is 7.92. The molecule has 0 aromatic heterocycles. The summed E-state index contributed by atoms with van der Waals surface area (Å²) >= 11 is 5.99. The molecule has 4 aliphatic rings. The fraction of sp³-hybridized carbons (Fsp3) is 0.583. The number of piperidine rings is 1. The summed E-state index contributed by atoms with van der Waals surface area (Å²) in [5.41, 5.74) is 0.0216. The first-order valence-electron chi connectivity index (χ1n) is 12.0. The highest BCUT2D eigenvalue weighted by molar-refractivity contribution is 6.30. The van der Waals surface area contributed by atoms with Crippen LogP contribution in [0.4, 0.5) is 4.79 Å². The van der Waals surface area contributed by atoms with Crippen molar-refractivity contribution in [3.63, 3.8) is 0 Å². The SMILES string of the molecule is CC1=C[N+]([C@@H]2O[C@@]3(CO)CNC[C@@H]2[C@@H]3OCc2ccc(Cl)cc2)([C@H]2C[C@H](O)[C@@H](CO)O2)C(=O)NC1=O. The summed E-state index contributed by atoms with van der Waals surface area (Å²) in [5, 5.41) is 36.9. The highest BCUT2D eigenvalue weighted by atomic mass is 35.5. The van der Waals surface area contributed by atoms with Crippen molar-refractivity contribution in [2.24, 2.45) is 5.92 Å². The third kappa shape index (κ3) is 4.08. The number of quaternary nitrogens is 1. The standard InChI is InChI=1S/C24H30ClN3O8/c1-13-8-28(23(33)27-21(13)32,19-6-17(31)18(9-29)35-19)22-16-7-26-11-24(12-30,36-22)20(16)34-10-14-2-4-15(25)5-3-14/h2-5,8,16-20,22,26,29-31H,6-7,9-12H2,1H3/p+1/t16-,17+,18-,19-,20+,22-,24-,28?/m1/s1. The Kier molecular flexibility index (Phi) is 6.96. The van der Waals surface area contributed by atoms with Crippen LogP contribution in [-0.2, 0) is 25.6 Å². The van der Waals surface area contributed by atoms with E-state index in [4.69, 9.17) is 25.8 Å². The number of benzene rings is 1. The van der Waals surface area contributed by atoms with E-state index in [-0.39, 0.29) is 25.2 Å². The number of rotatable bonds is 7. The summed E-state index contributed by atoms with van der Waals surface area (Å²) in [6.07, 6.45) is -2.76. The van der Waals surface area contributed by atoms with Crippen molar-refractivity contribution in [1.82, 2.24) is 10.6 Å². The molecule has 11 nitrogen and oxygen atoms in total. The number of nitrogens with zero attached hydrogens (tertiary/aromatic N) is 1. The second kappa shape index (κ2) is 9.75. The summed E-state index contributed by atoms with van der Waals surface area (Å²) in [6.45, 7) is 1.74. The van der Waals surface area contributed by atoms with E-state index in [0.717, 1.165) is 5.56 Å². The average molecular weight is 525 g/mol. The zero-order chi connectivity index (χ0) is 25.7. The summed E-state index contributed by atoms with van der Waals surface area (Å²) in [6, 6.07) is 6.57. The van der Waals surface area contributed by atoms with Gasteiger partial charge in [0.15, 0.2) is 0 Å². The van der Waals surface area contributed by atoms with Crippen LogP contribution in [0.1, 0.15) is 18.9 Å². The van der Waals surface area contributed by atoms with Crippen LogP contribution in [0.15, 0.2) is 36.0 Å². The minimum atomic E-state index is -1.15. The average Bonchev–Trinajstić information content (AvgIpc) is 3.32. The number of amides is 3. The van der Waals surface area contributed by atoms with Crippen LogP contribution in [0.3, 0.4) is 0 Å². The summed E-state index contributed by atoms with van der Waals surface area (Å²) in [5.74, 6) is -0.951. The number of carbonyl (C=O) groups is 2. The van der Waals surface area contributed by atoms with E-state index in [2.05, 4.69) is 10.6 Å². The molecule has 1 aromatic rings. The number of hydrogen-bond acceptors (Lipinski definition) is 9. The minimum absolute atomic E-state index is 0.0407. The van der Waals surface area contributed by atoms with Crippen molar-refractivity contribution in [3.05, 3.63) is 46.6 Å². The van der Waals surface area contributed by atoms with Gasteiger partial charge in [-0.1, -0.05) is 23.7 Å². The number of fused-ring (bicyclic) bond motifs is 2. The Bertz CT molecular complexity index is 1050. The molecule has 8 atom stereocenters. The normalized spacial score (nSPS) is 40.3. The third-order valence-electron chi connectivity index (χ3n) is 7.66. The molecule has 1 unspecified atom stereocenters. The largest absolute Gasteiger partial charge is 0.432 e. The summed E-state index contributed by atoms with van der Waals surface area (Å²) in [7, 11) is 0. The number of carbonyl (C=O) groups excluding carboxylic acids is 2. The molecule has 4 heterocycles. The van der Waals surface area contributed by atoms with Gasteiger partial charge in [-0.05, 0) is 24.6 Å². The van der Waals surface area contributed by atoms with E-state index in [0.29, 0.717) is 18.1 Å². The van der Waals surface area contributed by atoms with Crippen LogP contribution >= 0.6 is 11.6 Å². The van der Waals surface area contributed by atoms with Crippen LogP contribution in [0.2, 0.25) is 5.02 Å². The molecule has 3 saturated heterocycles. The van der Waals surface area contributed by atoms with Gasteiger partial charge < -0.3 is 34.8 Å². The molecule has 5 N–H and O–H groups in total. The van der Waals surface area contributed by atoms with Gasteiger partial charge in [-0.3, -0.25) is 4.79 Å². The zero-order valence-corrected chi connectivity index (χ0v) is 20.6. The predicted octanol–water partition coefficient (Wildman–Crippen LogP) is -0.0294. The number of nitrogens with one attached hydrogen (secondary N) is 2. The van der Waals surface area contributed by atoms with Crippen LogP contribution in [0.25, 0.3) is 0 Å². The van der Waals surface area contributed by atoms with E-state index in [9.17, 15) is 24.9 Å². The molecular weight excluding hydrogens is 494 g/mol. The number of urea groups is 1. The van der Waals surface area contributed by atoms with Crippen molar-refractivity contribution >= 4 is 23.5 Å². The van der Waals surface area contributed by atoms with Gasteiger partial charge in [-0.15, -0.1) is 0 Å². The predicted molar refractivity (Wildman–Crippen MR) is 125 cm³/mol. The molecule has 36 heavy (non-hydrogen) atoms. The lowest BCUT2D eigenvalue weighted by Gasteiger charge is -2.43. The molecule has 5 rings (SSSR count). The van der Waals surface area contributed by atoms with Gasteiger partial charge in [-0.25, -0.2) is 10.1 Å². The first-order valence-corrected chi connectivity index (χ1v) is 12.3. The van der Waals surface area contributed by atoms with E-state index in [1.807, 2.05) is 12.1 Å². The van der Waals surface area contributed by atoms with E-state index < -0.39 is 65.3 Å². The van der Waals surface area contributed by atoms with Gasteiger partial charge in [0.05, 0.1) is 43.8 Å². The maximum absolute atomic E-state index is 13.6. The summed E-state index contributed by atoms with van der Waals surface area (Å²) in [4.78, 5) is 25.9. The molecule has 196 valence electrons. The first kappa shape index (κ1) is 25.7. The molecule has 12 heteroatoms. The Morgan fingerprint density at radius 1 is 1.25 bits per heavy atom. The van der Waals surface area contributed by atoms with Gasteiger partial charge in [0.2, 0.25) is 12.5 Å². The number of ether oxygens (including phenoxy) is 3. The van der Waals surface area contributed by atoms with Gasteiger partial charge in [0.1, 0.15) is 24.0 Å². The second-order valence-electron chi connectivity index (χ2n) is 9.90. The quantitative estimate of drug-likeness (QED) is 0.310. The van der Waals surface area contributed by atoms with Crippen molar-refractivity contribution in [2.45, 2.75) is 56.3 Å². The molecule has 2 bridgehead atoms. The van der Waals surface area contributed by atoms with Crippen LogP contribution in [0.5, 0.6) is 0 Å². The van der Waals surface area contributed by atoms with Gasteiger partial charge in [-0.2, -0.15) is 4.48 Å². The van der Waals surface area contributed by atoms with Crippen molar-refractivity contribution < 1.29 is 43.6 Å². The zero-order valence-electron chi connectivity index (χ0n) is 19.8. The maximum atomic E-state index is 13.6. The van der Waals surface area contributed by atoms with Crippen LogP contribution in [0, 0.1) is 5.92 Å². The van der Waals surface area contributed by atoms with Crippen LogP contribution in [-0.4, -0.2) is 94.4 Å². The van der Waals surface area contributed by atoms with Crippen molar-refractivity contribution in [2.75, 3.05) is 26.3 Å². The number of imide groups is 1.